The Morgan fingerprint density at radius 3 is 2.95 bits per heavy atom. The largest absolute Gasteiger partial charge is 0.399 e. The van der Waals surface area contributed by atoms with Crippen molar-refractivity contribution in [2.24, 2.45) is 0 Å². The van der Waals surface area contributed by atoms with E-state index in [2.05, 4.69) is 34.3 Å². The molecule has 4 heteroatoms. The molecule has 0 amide bonds. The molecular weight excluding hydrogens is 248 g/mol. The number of nitrogens with two attached hydrogens (primary N) is 1. The van der Waals surface area contributed by atoms with E-state index >= 15 is 0 Å². The monoisotopic (exact) mass is 264 g/mol. The zero-order valence-corrected chi connectivity index (χ0v) is 11.1. The van der Waals surface area contributed by atoms with Crippen molar-refractivity contribution in [2.45, 2.75) is 12.5 Å². The molecule has 0 aliphatic carbocycles. The fourth-order valence-electron chi connectivity index (χ4n) is 2.98. The van der Waals surface area contributed by atoms with E-state index in [1.807, 2.05) is 24.3 Å². The van der Waals surface area contributed by atoms with Crippen LogP contribution in [0.3, 0.4) is 0 Å². The fraction of sp³-hybridized carbons (Fsp3) is 0.188. The predicted molar refractivity (Wildman–Crippen MR) is 81.8 cm³/mol. The van der Waals surface area contributed by atoms with Crippen LogP contribution in [0, 0.1) is 0 Å². The smallest absolute Gasteiger partial charge is 0.132 e. The molecule has 1 aliphatic heterocycles. The fourth-order valence-corrected chi connectivity index (χ4v) is 2.98. The van der Waals surface area contributed by atoms with Crippen LogP contribution in [0.25, 0.3) is 10.9 Å². The first kappa shape index (κ1) is 11.3. The second-order valence-electron chi connectivity index (χ2n) is 5.21. The minimum atomic E-state index is 0.252. The Morgan fingerprint density at radius 1 is 1.15 bits per heavy atom. The number of aromatic nitrogens is 2. The number of anilines is 2. The lowest BCUT2D eigenvalue weighted by atomic mass is 10.0. The third-order valence-corrected chi connectivity index (χ3v) is 3.90. The molecule has 0 saturated heterocycles. The number of benzene rings is 2. The second-order valence-corrected chi connectivity index (χ2v) is 5.21. The number of nitrogens with zero attached hydrogens (tertiary/aromatic N) is 2. The Bertz CT molecular complexity index is 775. The van der Waals surface area contributed by atoms with E-state index in [0.29, 0.717) is 0 Å². The molecule has 1 atom stereocenters. The summed E-state index contributed by atoms with van der Waals surface area (Å²) in [5.74, 6) is 1.11. The summed E-state index contributed by atoms with van der Waals surface area (Å²) in [5, 5.41) is 9.40. The number of hydrogen-bond donors (Lipinski definition) is 2. The van der Waals surface area contributed by atoms with Gasteiger partial charge in [0.05, 0.1) is 11.6 Å². The first-order valence-electron chi connectivity index (χ1n) is 6.89. The summed E-state index contributed by atoms with van der Waals surface area (Å²) < 4.78 is 2.10. The molecule has 2 heterocycles. The maximum absolute atomic E-state index is 5.92. The molecule has 3 N–H and O–H groups in total. The van der Waals surface area contributed by atoms with Crippen molar-refractivity contribution in [2.75, 3.05) is 17.6 Å². The average molecular weight is 264 g/mol. The van der Waals surface area contributed by atoms with E-state index < -0.39 is 0 Å². The highest BCUT2D eigenvalue weighted by Crippen LogP contribution is 2.34. The van der Waals surface area contributed by atoms with Crippen molar-refractivity contribution in [1.29, 1.82) is 0 Å². The van der Waals surface area contributed by atoms with Gasteiger partial charge in [0.25, 0.3) is 0 Å². The van der Waals surface area contributed by atoms with Crippen LogP contribution in [0.4, 0.5) is 11.5 Å². The van der Waals surface area contributed by atoms with E-state index in [4.69, 9.17) is 10.8 Å². The first-order chi connectivity index (χ1) is 9.83. The molecular formula is C16H16N4. The van der Waals surface area contributed by atoms with Crippen molar-refractivity contribution < 1.29 is 0 Å². The van der Waals surface area contributed by atoms with Gasteiger partial charge < -0.3 is 11.1 Å². The Balaban J connectivity index is 1.90. The highest BCUT2D eigenvalue weighted by atomic mass is 15.4. The molecule has 0 radical (unpaired) electrons. The number of fused-ring (bicyclic) bond motifs is 3. The van der Waals surface area contributed by atoms with Gasteiger partial charge in [-0.05, 0) is 36.2 Å². The van der Waals surface area contributed by atoms with Crippen molar-refractivity contribution in [3.63, 3.8) is 0 Å². The van der Waals surface area contributed by atoms with Crippen molar-refractivity contribution in [1.82, 2.24) is 9.78 Å². The maximum atomic E-state index is 5.92. The molecule has 0 fully saturated rings. The van der Waals surface area contributed by atoms with Gasteiger partial charge >= 0.3 is 0 Å². The highest BCUT2D eigenvalue weighted by Gasteiger charge is 2.24. The number of nitrogens with one attached hydrogen (secondary N) is 1. The Hall–Kier alpha value is -2.49. The highest BCUT2D eigenvalue weighted by molar-refractivity contribution is 5.90. The van der Waals surface area contributed by atoms with Crippen molar-refractivity contribution in [3.8, 4) is 0 Å². The molecule has 0 spiro atoms. The molecule has 0 saturated carbocycles. The van der Waals surface area contributed by atoms with Gasteiger partial charge in [0.15, 0.2) is 0 Å². The van der Waals surface area contributed by atoms with Gasteiger partial charge in [0.1, 0.15) is 5.82 Å². The van der Waals surface area contributed by atoms with E-state index in [-0.39, 0.29) is 6.04 Å². The van der Waals surface area contributed by atoms with Gasteiger partial charge in [0.2, 0.25) is 0 Å². The molecule has 1 aliphatic rings. The van der Waals surface area contributed by atoms with Crippen molar-refractivity contribution in [3.05, 3.63) is 54.1 Å². The molecule has 4 rings (SSSR count). The molecule has 1 unspecified atom stereocenters. The zero-order chi connectivity index (χ0) is 13.5. The standard InChI is InChI=1S/C16H16N4/c17-12-5-3-4-11(10-12)15-8-9-18-16-13-6-1-2-7-14(13)19-20(15)16/h1-7,10,15,18H,8-9,17H2. The quantitative estimate of drug-likeness (QED) is 0.664. The van der Waals surface area contributed by atoms with Crippen LogP contribution in [0.15, 0.2) is 48.5 Å². The Morgan fingerprint density at radius 2 is 2.05 bits per heavy atom. The number of nitrogen functional groups attached to an aromatic ring is 1. The normalized spacial score (nSPS) is 17.7. The van der Waals surface area contributed by atoms with Gasteiger partial charge in [-0.2, -0.15) is 5.10 Å². The van der Waals surface area contributed by atoms with Crippen molar-refractivity contribution >= 4 is 22.4 Å². The van der Waals surface area contributed by atoms with Gasteiger partial charge in [-0.25, -0.2) is 4.68 Å². The van der Waals surface area contributed by atoms with Crippen LogP contribution in [0.2, 0.25) is 0 Å². The summed E-state index contributed by atoms with van der Waals surface area (Å²) in [7, 11) is 0. The van der Waals surface area contributed by atoms with E-state index in [1.165, 1.54) is 10.9 Å². The maximum Gasteiger partial charge on any atom is 0.132 e. The Kier molecular flexibility index (Phi) is 2.42. The third kappa shape index (κ3) is 1.65. The lowest BCUT2D eigenvalue weighted by Gasteiger charge is -2.26. The summed E-state index contributed by atoms with van der Waals surface area (Å²) in [6.45, 7) is 0.954. The van der Waals surface area contributed by atoms with E-state index in [0.717, 1.165) is 30.0 Å². The lowest BCUT2D eigenvalue weighted by molar-refractivity contribution is 0.486. The third-order valence-electron chi connectivity index (χ3n) is 3.90. The second kappa shape index (κ2) is 4.27. The minimum absolute atomic E-state index is 0.252. The van der Waals surface area contributed by atoms with Gasteiger partial charge in [-0.1, -0.05) is 24.3 Å². The van der Waals surface area contributed by atoms with Crippen LogP contribution in [-0.4, -0.2) is 16.3 Å². The molecule has 0 bridgehead atoms. The predicted octanol–water partition coefficient (Wildman–Crippen LogP) is 3.02. The minimum Gasteiger partial charge on any atom is -0.399 e. The topological polar surface area (TPSA) is 55.9 Å². The molecule has 3 aromatic rings. The van der Waals surface area contributed by atoms with E-state index in [9.17, 15) is 0 Å². The van der Waals surface area contributed by atoms with Gasteiger partial charge in [-0.15, -0.1) is 0 Å². The Labute approximate surface area is 117 Å². The van der Waals surface area contributed by atoms with Crippen LogP contribution in [0.1, 0.15) is 18.0 Å². The molecule has 4 nitrogen and oxygen atoms in total. The lowest BCUT2D eigenvalue weighted by Crippen LogP contribution is -2.24. The van der Waals surface area contributed by atoms with Gasteiger partial charge in [0, 0.05) is 17.6 Å². The SMILES string of the molecule is Nc1cccc(C2CCNc3c4ccccc4nn32)c1. The van der Waals surface area contributed by atoms with Crippen LogP contribution < -0.4 is 11.1 Å². The summed E-state index contributed by atoms with van der Waals surface area (Å²) in [4.78, 5) is 0. The molecule has 1 aromatic heterocycles. The van der Waals surface area contributed by atoms with Crippen LogP contribution in [-0.2, 0) is 0 Å². The summed E-state index contributed by atoms with van der Waals surface area (Å²) in [6, 6.07) is 16.6. The summed E-state index contributed by atoms with van der Waals surface area (Å²) in [5.41, 5.74) is 8.98. The zero-order valence-electron chi connectivity index (χ0n) is 11.1. The number of rotatable bonds is 1. The van der Waals surface area contributed by atoms with Crippen LogP contribution in [0.5, 0.6) is 0 Å². The van der Waals surface area contributed by atoms with E-state index in [1.54, 1.807) is 0 Å². The van der Waals surface area contributed by atoms with Crippen LogP contribution >= 0.6 is 0 Å². The summed E-state index contributed by atoms with van der Waals surface area (Å²) in [6.07, 6.45) is 1.02. The molecule has 100 valence electrons. The molecule has 2 aromatic carbocycles. The first-order valence-corrected chi connectivity index (χ1v) is 6.89. The average Bonchev–Trinajstić information content (AvgIpc) is 2.86. The number of hydrogen-bond acceptors (Lipinski definition) is 3. The van der Waals surface area contributed by atoms with Gasteiger partial charge in [-0.3, -0.25) is 0 Å². The summed E-state index contributed by atoms with van der Waals surface area (Å²) >= 11 is 0. The molecule has 20 heavy (non-hydrogen) atoms.